The van der Waals surface area contributed by atoms with Gasteiger partial charge in [-0.1, -0.05) is 44.3 Å². The predicted octanol–water partition coefficient (Wildman–Crippen LogP) is 3.06. The van der Waals surface area contributed by atoms with Gasteiger partial charge in [0.1, 0.15) is 0 Å². The fourth-order valence-corrected chi connectivity index (χ4v) is 2.36. The lowest BCUT2D eigenvalue weighted by Crippen LogP contribution is -2.33. The Morgan fingerprint density at radius 1 is 1.22 bits per heavy atom. The van der Waals surface area contributed by atoms with E-state index in [9.17, 15) is 4.79 Å². The molecule has 1 aliphatic rings. The summed E-state index contributed by atoms with van der Waals surface area (Å²) in [6, 6.07) is 0. The molecule has 0 bridgehead atoms. The van der Waals surface area contributed by atoms with Crippen LogP contribution in [-0.4, -0.2) is 25.7 Å². The van der Waals surface area contributed by atoms with Crippen molar-refractivity contribution in [2.75, 3.05) is 19.8 Å². The Morgan fingerprint density at radius 2 is 1.83 bits per heavy atom. The van der Waals surface area contributed by atoms with E-state index in [0.29, 0.717) is 19.8 Å². The standard InChI is InChI=1S/C15H27NO2/c1-13(2)12-18-11-10-16-15(17)14-8-6-4-3-5-7-9-14/h14H,1,3-12H2,2H3,(H,16,17). The van der Waals surface area contributed by atoms with Crippen molar-refractivity contribution in [1.82, 2.24) is 5.32 Å². The molecule has 0 atom stereocenters. The summed E-state index contributed by atoms with van der Waals surface area (Å²) in [5.41, 5.74) is 1.02. The molecule has 18 heavy (non-hydrogen) atoms. The number of rotatable bonds is 6. The molecule has 0 aliphatic heterocycles. The number of carbonyl (C=O) groups excluding carboxylic acids is 1. The summed E-state index contributed by atoms with van der Waals surface area (Å²) < 4.78 is 5.36. The first-order chi connectivity index (χ1) is 8.70. The highest BCUT2D eigenvalue weighted by Crippen LogP contribution is 2.22. The monoisotopic (exact) mass is 253 g/mol. The van der Waals surface area contributed by atoms with Gasteiger partial charge >= 0.3 is 0 Å². The second kappa shape index (κ2) is 9.15. The van der Waals surface area contributed by atoms with Crippen molar-refractivity contribution in [2.45, 2.75) is 51.9 Å². The fraction of sp³-hybridized carbons (Fsp3) is 0.800. The van der Waals surface area contributed by atoms with Crippen molar-refractivity contribution in [3.05, 3.63) is 12.2 Å². The van der Waals surface area contributed by atoms with Crippen molar-refractivity contribution < 1.29 is 9.53 Å². The molecule has 0 aromatic carbocycles. The van der Waals surface area contributed by atoms with Crippen LogP contribution < -0.4 is 5.32 Å². The van der Waals surface area contributed by atoms with Crippen molar-refractivity contribution in [3.8, 4) is 0 Å². The van der Waals surface area contributed by atoms with Crippen LogP contribution in [0, 0.1) is 5.92 Å². The van der Waals surface area contributed by atoms with E-state index in [-0.39, 0.29) is 11.8 Å². The maximum Gasteiger partial charge on any atom is 0.223 e. The molecule has 0 aromatic heterocycles. The first-order valence-electron chi connectivity index (χ1n) is 7.20. The number of carbonyl (C=O) groups is 1. The minimum Gasteiger partial charge on any atom is -0.375 e. The van der Waals surface area contributed by atoms with Crippen LogP contribution in [0.15, 0.2) is 12.2 Å². The quantitative estimate of drug-likeness (QED) is 0.583. The largest absolute Gasteiger partial charge is 0.375 e. The molecule has 1 rings (SSSR count). The van der Waals surface area contributed by atoms with Crippen LogP contribution in [0.2, 0.25) is 0 Å². The van der Waals surface area contributed by atoms with Gasteiger partial charge in [0.05, 0.1) is 13.2 Å². The molecule has 1 fully saturated rings. The lowest BCUT2D eigenvalue weighted by atomic mass is 9.90. The minimum absolute atomic E-state index is 0.218. The second-order valence-electron chi connectivity index (χ2n) is 5.34. The van der Waals surface area contributed by atoms with Crippen molar-refractivity contribution in [3.63, 3.8) is 0 Å². The second-order valence-corrected chi connectivity index (χ2v) is 5.34. The number of hydrogen-bond donors (Lipinski definition) is 1. The topological polar surface area (TPSA) is 38.3 Å². The van der Waals surface area contributed by atoms with Crippen LogP contribution in [0.25, 0.3) is 0 Å². The molecule has 3 heteroatoms. The van der Waals surface area contributed by atoms with Gasteiger partial charge in [0, 0.05) is 12.5 Å². The average molecular weight is 253 g/mol. The number of nitrogens with one attached hydrogen (secondary N) is 1. The molecule has 0 radical (unpaired) electrons. The van der Waals surface area contributed by atoms with Crippen LogP contribution in [0.1, 0.15) is 51.9 Å². The molecular weight excluding hydrogens is 226 g/mol. The molecular formula is C15H27NO2. The van der Waals surface area contributed by atoms with E-state index in [2.05, 4.69) is 11.9 Å². The van der Waals surface area contributed by atoms with Crippen molar-refractivity contribution in [2.24, 2.45) is 5.92 Å². The molecule has 1 N–H and O–H groups in total. The number of amides is 1. The Morgan fingerprint density at radius 3 is 2.44 bits per heavy atom. The van der Waals surface area contributed by atoms with Gasteiger partial charge in [-0.05, 0) is 19.8 Å². The number of ether oxygens (including phenoxy) is 1. The summed E-state index contributed by atoms with van der Waals surface area (Å²) in [5, 5.41) is 2.98. The zero-order valence-electron chi connectivity index (χ0n) is 11.7. The number of hydrogen-bond acceptors (Lipinski definition) is 2. The highest BCUT2D eigenvalue weighted by molar-refractivity contribution is 5.78. The molecule has 0 spiro atoms. The van der Waals surface area contributed by atoms with Gasteiger partial charge in [0.15, 0.2) is 0 Å². The smallest absolute Gasteiger partial charge is 0.223 e. The summed E-state index contributed by atoms with van der Waals surface area (Å²) in [6.07, 6.45) is 8.41. The van der Waals surface area contributed by atoms with Crippen LogP contribution >= 0.6 is 0 Å². The van der Waals surface area contributed by atoms with E-state index in [1.54, 1.807) is 0 Å². The van der Waals surface area contributed by atoms with E-state index in [1.165, 1.54) is 32.1 Å². The maximum atomic E-state index is 12.0. The Bertz CT molecular complexity index is 255. The summed E-state index contributed by atoms with van der Waals surface area (Å²) in [4.78, 5) is 12.0. The third-order valence-electron chi connectivity index (χ3n) is 3.37. The zero-order valence-corrected chi connectivity index (χ0v) is 11.7. The van der Waals surface area contributed by atoms with Gasteiger partial charge in [0.2, 0.25) is 5.91 Å². The Labute approximate surface area is 111 Å². The van der Waals surface area contributed by atoms with Crippen LogP contribution in [0.5, 0.6) is 0 Å². The maximum absolute atomic E-state index is 12.0. The third-order valence-corrected chi connectivity index (χ3v) is 3.37. The molecule has 0 heterocycles. The van der Waals surface area contributed by atoms with E-state index in [0.717, 1.165) is 18.4 Å². The molecule has 3 nitrogen and oxygen atoms in total. The zero-order chi connectivity index (χ0) is 13.2. The Balaban J connectivity index is 2.12. The van der Waals surface area contributed by atoms with Gasteiger partial charge < -0.3 is 10.1 Å². The SMILES string of the molecule is C=C(C)COCCNC(=O)C1CCCCCCC1. The molecule has 0 saturated heterocycles. The van der Waals surface area contributed by atoms with Crippen molar-refractivity contribution in [1.29, 1.82) is 0 Å². The van der Waals surface area contributed by atoms with Crippen LogP contribution in [-0.2, 0) is 9.53 Å². The van der Waals surface area contributed by atoms with E-state index < -0.39 is 0 Å². The minimum atomic E-state index is 0.218. The predicted molar refractivity (Wildman–Crippen MR) is 74.5 cm³/mol. The molecule has 0 unspecified atom stereocenters. The third kappa shape index (κ3) is 6.80. The van der Waals surface area contributed by atoms with Gasteiger partial charge in [-0.25, -0.2) is 0 Å². The fourth-order valence-electron chi connectivity index (χ4n) is 2.36. The van der Waals surface area contributed by atoms with Crippen LogP contribution in [0.4, 0.5) is 0 Å². The van der Waals surface area contributed by atoms with E-state index in [4.69, 9.17) is 4.74 Å². The summed E-state index contributed by atoms with van der Waals surface area (Å²) in [7, 11) is 0. The first kappa shape index (κ1) is 15.2. The molecule has 0 aromatic rings. The van der Waals surface area contributed by atoms with Gasteiger partial charge in [-0.15, -0.1) is 0 Å². The van der Waals surface area contributed by atoms with Gasteiger partial charge in [-0.2, -0.15) is 0 Å². The lowest BCUT2D eigenvalue weighted by molar-refractivity contribution is -0.125. The molecule has 1 aliphatic carbocycles. The highest BCUT2D eigenvalue weighted by atomic mass is 16.5. The Kier molecular flexibility index (Phi) is 7.74. The Hall–Kier alpha value is -0.830. The van der Waals surface area contributed by atoms with E-state index in [1.807, 2.05) is 6.92 Å². The van der Waals surface area contributed by atoms with Gasteiger partial charge in [0.25, 0.3) is 0 Å². The molecule has 1 saturated carbocycles. The van der Waals surface area contributed by atoms with Gasteiger partial charge in [-0.3, -0.25) is 4.79 Å². The lowest BCUT2D eigenvalue weighted by Gasteiger charge is -2.19. The summed E-state index contributed by atoms with van der Waals surface area (Å²) in [6.45, 7) is 7.48. The first-order valence-corrected chi connectivity index (χ1v) is 7.20. The molecule has 104 valence electrons. The molecule has 1 amide bonds. The summed E-state index contributed by atoms with van der Waals surface area (Å²) in [5.74, 6) is 0.447. The van der Waals surface area contributed by atoms with E-state index >= 15 is 0 Å². The summed E-state index contributed by atoms with van der Waals surface area (Å²) >= 11 is 0. The van der Waals surface area contributed by atoms with Crippen LogP contribution in [0.3, 0.4) is 0 Å². The average Bonchev–Trinajstić information content (AvgIpc) is 2.27. The van der Waals surface area contributed by atoms with Crippen molar-refractivity contribution >= 4 is 5.91 Å². The normalized spacial score (nSPS) is 17.8. The highest BCUT2D eigenvalue weighted by Gasteiger charge is 2.18.